The van der Waals surface area contributed by atoms with Gasteiger partial charge in [0, 0.05) is 22.4 Å². The minimum absolute atomic E-state index is 0. The van der Waals surface area contributed by atoms with Crippen LogP contribution in [0.4, 0.5) is 17.1 Å². The zero-order valence-corrected chi connectivity index (χ0v) is 43.8. The molecule has 0 spiro atoms. The number of fused-ring (bicyclic) bond motifs is 2. The molecule has 3 N–H and O–H groups in total. The third kappa shape index (κ3) is 11.7. The molecular formula is C41H28N5Na3O14S3. The molecule has 1 amide bonds. The summed E-state index contributed by atoms with van der Waals surface area (Å²) < 4.78 is 120. The number of nitrogens with one attached hydrogen (secondary N) is 3. The summed E-state index contributed by atoms with van der Waals surface area (Å²) in [5.41, 5.74) is 4.24. The Morgan fingerprint density at radius 1 is 0.576 bits per heavy atom. The van der Waals surface area contributed by atoms with Gasteiger partial charge in [0.25, 0.3) is 5.91 Å². The standard InChI is InChI=1S/C41H31N5O14S3.3Na/c1-59-31-18-23(24-12-16-30(32(19-24)60-2)44-46-38-34(62(53,54)55)20-25-9-6-10-33(61(50,51)52)36(25)40(38)48)11-15-29(31)43-45-37-35(63(56,57)58)21-26-17-27(13-14-28(26)39(37)47)42-41(49)22-7-4-3-5-8-22;;;/h3-21,43-44H,1-2H3,(H,42,49)(H,50,51,52)(H,53,54,55)(H,56,57,58);;;/q;3*+1/p-3. The quantitative estimate of drug-likeness (QED) is 0.0605. The van der Waals surface area contributed by atoms with E-state index >= 15 is 0 Å². The molecular weight excluding hydrogens is 952 g/mol. The van der Waals surface area contributed by atoms with Gasteiger partial charge in [0.2, 0.25) is 11.6 Å². The van der Waals surface area contributed by atoms with E-state index < -0.39 is 79.5 Å². The van der Waals surface area contributed by atoms with E-state index in [4.69, 9.17) is 9.47 Å². The molecule has 7 rings (SSSR count). The topological polar surface area (TPSA) is 302 Å². The number of ketones is 2. The number of rotatable bonds is 12. The van der Waals surface area contributed by atoms with Gasteiger partial charge in [0.1, 0.15) is 53.3 Å². The number of allylic oxidation sites excluding steroid dienone is 2. The van der Waals surface area contributed by atoms with Crippen molar-refractivity contribution in [1.82, 2.24) is 0 Å². The van der Waals surface area contributed by atoms with Crippen molar-refractivity contribution in [3.05, 3.63) is 141 Å². The minimum atomic E-state index is -5.36. The SMILES string of the molecule is COc1cc(-c2ccc(NN=C3C(=O)c4c(cccc4S(=O)(=O)[O-])C=C3S(=O)(=O)[O-])c(OC)c2)ccc1NN=C1C(=O)c2ccc(NC(=O)c3ccccc3)cc2C=C1S(=O)(=O)[O-].[Na+].[Na+].[Na+]. The molecule has 0 aromatic heterocycles. The van der Waals surface area contributed by atoms with Crippen LogP contribution >= 0.6 is 0 Å². The van der Waals surface area contributed by atoms with E-state index in [0.717, 1.165) is 30.4 Å². The van der Waals surface area contributed by atoms with Crippen LogP contribution in [0.1, 0.15) is 42.2 Å². The van der Waals surface area contributed by atoms with E-state index in [0.29, 0.717) is 16.7 Å². The van der Waals surface area contributed by atoms with E-state index in [-0.39, 0.29) is 134 Å². The smallest absolute Gasteiger partial charge is 0.744 e. The number of hydrazone groups is 2. The molecule has 5 aromatic rings. The number of nitrogens with zero attached hydrogens (tertiary/aromatic N) is 2. The number of hydrogen-bond donors (Lipinski definition) is 3. The van der Waals surface area contributed by atoms with Crippen LogP contribution < -0.4 is 114 Å². The monoisotopic (exact) mass is 979 g/mol. The first-order valence-electron chi connectivity index (χ1n) is 17.9. The van der Waals surface area contributed by atoms with Gasteiger partial charge >= 0.3 is 88.7 Å². The maximum Gasteiger partial charge on any atom is 1.00 e. The van der Waals surface area contributed by atoms with Gasteiger partial charge in [0.15, 0.2) is 0 Å². The summed E-state index contributed by atoms with van der Waals surface area (Å²) in [5, 5.41) is 10.5. The van der Waals surface area contributed by atoms with Crippen molar-refractivity contribution in [1.29, 1.82) is 0 Å². The van der Waals surface area contributed by atoms with E-state index in [2.05, 4.69) is 26.4 Å². The fourth-order valence-corrected chi connectivity index (χ4v) is 8.52. The van der Waals surface area contributed by atoms with Crippen molar-refractivity contribution in [2.24, 2.45) is 10.2 Å². The van der Waals surface area contributed by atoms with Crippen molar-refractivity contribution >= 4 is 88.5 Å². The van der Waals surface area contributed by atoms with Crippen LogP contribution in [0.25, 0.3) is 23.3 Å². The number of anilines is 3. The predicted molar refractivity (Wildman–Crippen MR) is 226 cm³/mol. The van der Waals surface area contributed by atoms with Gasteiger partial charge in [-0.1, -0.05) is 42.5 Å². The minimum Gasteiger partial charge on any atom is -0.744 e. The molecule has 66 heavy (non-hydrogen) atoms. The average molecular weight is 980 g/mol. The Morgan fingerprint density at radius 2 is 1.09 bits per heavy atom. The second-order valence-corrected chi connectivity index (χ2v) is 17.4. The first-order valence-corrected chi connectivity index (χ1v) is 22.1. The summed E-state index contributed by atoms with van der Waals surface area (Å²) in [6, 6.07) is 24.6. The van der Waals surface area contributed by atoms with Gasteiger partial charge in [0.05, 0.1) is 40.3 Å². The molecule has 19 nitrogen and oxygen atoms in total. The van der Waals surface area contributed by atoms with Crippen molar-refractivity contribution in [2.75, 3.05) is 30.4 Å². The summed E-state index contributed by atoms with van der Waals surface area (Å²) in [7, 11) is -13.2. The van der Waals surface area contributed by atoms with E-state index in [1.165, 1.54) is 56.7 Å². The number of carbonyl (C=O) groups is 3. The van der Waals surface area contributed by atoms with Crippen molar-refractivity contribution in [2.45, 2.75) is 4.90 Å². The Balaban J connectivity index is 0.00000317. The number of Topliss-reactive ketones (excluding diaryl/α,β-unsaturated/α-hetero) is 2. The molecule has 2 aliphatic carbocycles. The van der Waals surface area contributed by atoms with Crippen LogP contribution in [0.2, 0.25) is 0 Å². The molecule has 0 radical (unpaired) electrons. The number of hydrogen-bond acceptors (Lipinski definition) is 18. The van der Waals surface area contributed by atoms with Gasteiger partial charge in [-0.05, 0) is 95.1 Å². The van der Waals surface area contributed by atoms with Gasteiger partial charge < -0.3 is 28.4 Å². The summed E-state index contributed by atoms with van der Waals surface area (Å²) in [4.78, 5) is 36.8. The Kier molecular flexibility index (Phi) is 17.9. The van der Waals surface area contributed by atoms with E-state index in [9.17, 15) is 53.3 Å². The van der Waals surface area contributed by atoms with Crippen molar-refractivity contribution in [3.63, 3.8) is 0 Å². The average Bonchev–Trinajstić information content (AvgIpc) is 3.24. The molecule has 0 saturated carbocycles. The molecule has 0 fully saturated rings. The molecule has 0 saturated heterocycles. The maximum absolute atomic E-state index is 13.6. The molecule has 0 unspecified atom stereocenters. The Morgan fingerprint density at radius 3 is 1.59 bits per heavy atom. The summed E-state index contributed by atoms with van der Waals surface area (Å²) >= 11 is 0. The molecule has 0 aliphatic heterocycles. The summed E-state index contributed by atoms with van der Waals surface area (Å²) in [5.74, 6) is -2.45. The zero-order chi connectivity index (χ0) is 45.4. The maximum atomic E-state index is 13.6. The van der Waals surface area contributed by atoms with E-state index in [1.54, 1.807) is 42.5 Å². The van der Waals surface area contributed by atoms with Crippen LogP contribution in [0.3, 0.4) is 0 Å². The largest absolute Gasteiger partial charge is 1.00 e. The Labute approximate surface area is 444 Å². The zero-order valence-electron chi connectivity index (χ0n) is 35.3. The van der Waals surface area contributed by atoms with Crippen LogP contribution in [-0.2, 0) is 30.4 Å². The van der Waals surface area contributed by atoms with Crippen LogP contribution in [-0.4, -0.2) is 82.0 Å². The molecule has 322 valence electrons. The van der Waals surface area contributed by atoms with Crippen molar-refractivity contribution in [3.8, 4) is 22.6 Å². The second-order valence-electron chi connectivity index (χ2n) is 13.4. The van der Waals surface area contributed by atoms with Crippen molar-refractivity contribution < 1.29 is 151 Å². The third-order valence-corrected chi connectivity index (χ3v) is 12.0. The van der Waals surface area contributed by atoms with Crippen LogP contribution in [0.15, 0.2) is 128 Å². The summed E-state index contributed by atoms with van der Waals surface area (Å²) in [6.45, 7) is 0. The normalized spacial score (nSPS) is 14.5. The molecule has 0 heterocycles. The first kappa shape index (κ1) is 54.3. The molecule has 0 atom stereocenters. The van der Waals surface area contributed by atoms with Gasteiger partial charge in [-0.3, -0.25) is 25.2 Å². The number of carbonyl (C=O) groups excluding carboxylic acids is 3. The number of ether oxygens (including phenoxy) is 2. The van der Waals surface area contributed by atoms with Gasteiger partial charge in [-0.25, -0.2) is 25.3 Å². The Bertz CT molecular complexity index is 3270. The summed E-state index contributed by atoms with van der Waals surface area (Å²) in [6.07, 6.45) is 1.73. The van der Waals surface area contributed by atoms with Crippen LogP contribution in [0, 0.1) is 0 Å². The number of benzene rings is 5. The van der Waals surface area contributed by atoms with Crippen LogP contribution in [0.5, 0.6) is 11.5 Å². The number of amides is 1. The van der Waals surface area contributed by atoms with Gasteiger partial charge in [-0.15, -0.1) is 0 Å². The fourth-order valence-electron chi connectivity index (χ4n) is 6.52. The fraction of sp³-hybridized carbons (Fsp3) is 0.0488. The van der Waals surface area contributed by atoms with E-state index in [1.807, 2.05) is 0 Å². The molecule has 2 aliphatic rings. The van der Waals surface area contributed by atoms with Gasteiger partial charge in [-0.2, -0.15) is 10.2 Å². The second kappa shape index (κ2) is 21.7. The predicted octanol–water partition coefficient (Wildman–Crippen LogP) is -4.36. The third-order valence-electron chi connectivity index (χ3n) is 9.47. The molecule has 5 aromatic carbocycles. The first-order chi connectivity index (χ1) is 29.8. The molecule has 0 bridgehead atoms. The Hall–Kier alpha value is -4.34. The number of methoxy groups -OCH3 is 2. The molecule has 25 heteroatoms.